The number of nitrogen functional groups attached to an aromatic ring is 1. The van der Waals surface area contributed by atoms with Gasteiger partial charge in [-0.1, -0.05) is 32.8 Å². The Hall–Kier alpha value is -1.09. The Kier molecular flexibility index (Phi) is 4.23. The summed E-state index contributed by atoms with van der Waals surface area (Å²) in [5, 5.41) is 3.79. The van der Waals surface area contributed by atoms with E-state index in [1.165, 1.54) is 31.2 Å². The molecule has 1 aliphatic heterocycles. The van der Waals surface area contributed by atoms with Gasteiger partial charge in [0, 0.05) is 11.7 Å². The van der Waals surface area contributed by atoms with Crippen molar-refractivity contribution in [2.45, 2.75) is 51.5 Å². The molecular weight excluding hydrogens is 222 g/mol. The van der Waals surface area contributed by atoms with E-state index in [0.29, 0.717) is 11.7 Å². The molecule has 3 N–H and O–H groups in total. The van der Waals surface area contributed by atoms with Gasteiger partial charge in [-0.2, -0.15) is 0 Å². The second-order valence-corrected chi connectivity index (χ2v) is 5.77. The van der Waals surface area contributed by atoms with Gasteiger partial charge in [-0.25, -0.2) is 4.98 Å². The summed E-state index contributed by atoms with van der Waals surface area (Å²) in [6, 6.07) is 4.09. The Morgan fingerprint density at radius 2 is 2.22 bits per heavy atom. The summed E-state index contributed by atoms with van der Waals surface area (Å²) in [5.41, 5.74) is 7.37. The van der Waals surface area contributed by atoms with Crippen molar-refractivity contribution >= 4 is 5.82 Å². The molecule has 1 aliphatic rings. The lowest BCUT2D eigenvalue weighted by Crippen LogP contribution is -2.51. The van der Waals surface area contributed by atoms with Crippen molar-refractivity contribution in [3.63, 3.8) is 0 Å². The van der Waals surface area contributed by atoms with Crippen LogP contribution in [0.3, 0.4) is 0 Å². The Morgan fingerprint density at radius 3 is 2.94 bits per heavy atom. The zero-order valence-electron chi connectivity index (χ0n) is 11.6. The lowest BCUT2D eigenvalue weighted by molar-refractivity contribution is 0.226. The van der Waals surface area contributed by atoms with Crippen molar-refractivity contribution in [3.05, 3.63) is 23.9 Å². The molecule has 2 heterocycles. The number of nitrogens with two attached hydrogens (primary N) is 1. The molecule has 0 spiro atoms. The molecule has 0 saturated carbocycles. The molecule has 1 saturated heterocycles. The Bertz CT molecular complexity index is 379. The lowest BCUT2D eigenvalue weighted by Gasteiger charge is -2.38. The third-order valence-electron chi connectivity index (χ3n) is 4.31. The summed E-state index contributed by atoms with van der Waals surface area (Å²) in [6.45, 7) is 5.74. The van der Waals surface area contributed by atoms with E-state index < -0.39 is 0 Å². The molecular formula is C15H25N3. The van der Waals surface area contributed by atoms with Gasteiger partial charge in [0.15, 0.2) is 0 Å². The van der Waals surface area contributed by atoms with E-state index in [1.54, 1.807) is 6.20 Å². The molecule has 1 aromatic rings. The van der Waals surface area contributed by atoms with Gasteiger partial charge >= 0.3 is 0 Å². The molecule has 1 fully saturated rings. The highest BCUT2D eigenvalue weighted by Crippen LogP contribution is 2.31. The highest BCUT2D eigenvalue weighted by atomic mass is 15.0. The summed E-state index contributed by atoms with van der Waals surface area (Å²) in [6.07, 6.45) is 7.93. The number of nitrogens with one attached hydrogen (secondary N) is 1. The van der Waals surface area contributed by atoms with Crippen LogP contribution in [0.4, 0.5) is 5.82 Å². The van der Waals surface area contributed by atoms with Gasteiger partial charge in [0.2, 0.25) is 0 Å². The van der Waals surface area contributed by atoms with E-state index in [9.17, 15) is 0 Å². The standard InChI is InChI=1S/C15H25N3/c1-12(2)15(8-4-3-5-10-18-15)11-13-7-6-9-17-14(13)16/h6-7,9,12,18H,3-5,8,10-11H2,1-2H3,(H2,16,17). The van der Waals surface area contributed by atoms with Crippen LogP contribution in [0, 0.1) is 5.92 Å². The van der Waals surface area contributed by atoms with Gasteiger partial charge in [-0.15, -0.1) is 0 Å². The van der Waals surface area contributed by atoms with Crippen LogP contribution in [-0.4, -0.2) is 17.1 Å². The largest absolute Gasteiger partial charge is 0.383 e. The first-order valence-electron chi connectivity index (χ1n) is 7.08. The smallest absolute Gasteiger partial charge is 0.126 e. The predicted molar refractivity (Wildman–Crippen MR) is 76.4 cm³/mol. The fourth-order valence-corrected chi connectivity index (χ4v) is 2.96. The Morgan fingerprint density at radius 1 is 1.39 bits per heavy atom. The maximum Gasteiger partial charge on any atom is 0.126 e. The quantitative estimate of drug-likeness (QED) is 0.863. The van der Waals surface area contributed by atoms with Crippen molar-refractivity contribution < 1.29 is 0 Å². The van der Waals surface area contributed by atoms with Crippen LogP contribution in [0.5, 0.6) is 0 Å². The van der Waals surface area contributed by atoms with E-state index in [0.717, 1.165) is 13.0 Å². The number of anilines is 1. The first-order chi connectivity index (χ1) is 8.64. The average molecular weight is 247 g/mol. The van der Waals surface area contributed by atoms with E-state index in [2.05, 4.69) is 30.2 Å². The maximum atomic E-state index is 6.00. The second kappa shape index (κ2) is 5.70. The summed E-state index contributed by atoms with van der Waals surface area (Å²) < 4.78 is 0. The van der Waals surface area contributed by atoms with E-state index in [1.807, 2.05) is 6.07 Å². The molecule has 1 unspecified atom stereocenters. The zero-order chi connectivity index (χ0) is 13.0. The third kappa shape index (κ3) is 2.83. The molecule has 2 rings (SSSR count). The van der Waals surface area contributed by atoms with Gasteiger partial charge in [-0.05, 0) is 43.4 Å². The summed E-state index contributed by atoms with van der Waals surface area (Å²) in [4.78, 5) is 4.21. The van der Waals surface area contributed by atoms with Crippen molar-refractivity contribution in [3.8, 4) is 0 Å². The number of pyridine rings is 1. The van der Waals surface area contributed by atoms with Gasteiger partial charge in [0.25, 0.3) is 0 Å². The van der Waals surface area contributed by atoms with Crippen LogP contribution < -0.4 is 11.1 Å². The Balaban J connectivity index is 2.22. The maximum absolute atomic E-state index is 6.00. The number of rotatable bonds is 3. The van der Waals surface area contributed by atoms with Crippen LogP contribution in [-0.2, 0) is 6.42 Å². The van der Waals surface area contributed by atoms with Gasteiger partial charge in [-0.3, -0.25) is 0 Å². The summed E-state index contributed by atoms with van der Waals surface area (Å²) in [7, 11) is 0. The first-order valence-corrected chi connectivity index (χ1v) is 7.08. The molecule has 0 aliphatic carbocycles. The van der Waals surface area contributed by atoms with E-state index >= 15 is 0 Å². The number of hydrogen-bond acceptors (Lipinski definition) is 3. The molecule has 18 heavy (non-hydrogen) atoms. The fraction of sp³-hybridized carbons (Fsp3) is 0.667. The minimum atomic E-state index is 0.188. The SMILES string of the molecule is CC(C)C1(Cc2cccnc2N)CCCCCN1. The van der Waals surface area contributed by atoms with Crippen molar-refractivity contribution in [1.82, 2.24) is 10.3 Å². The minimum Gasteiger partial charge on any atom is -0.383 e. The molecule has 3 nitrogen and oxygen atoms in total. The molecule has 1 atom stereocenters. The number of aromatic nitrogens is 1. The normalized spacial score (nSPS) is 25.1. The minimum absolute atomic E-state index is 0.188. The highest BCUT2D eigenvalue weighted by Gasteiger charge is 2.34. The van der Waals surface area contributed by atoms with Crippen molar-refractivity contribution in [1.29, 1.82) is 0 Å². The van der Waals surface area contributed by atoms with Crippen LogP contribution in [0.1, 0.15) is 45.1 Å². The van der Waals surface area contributed by atoms with Crippen LogP contribution in [0.15, 0.2) is 18.3 Å². The molecule has 100 valence electrons. The fourth-order valence-electron chi connectivity index (χ4n) is 2.96. The molecule has 0 aromatic carbocycles. The van der Waals surface area contributed by atoms with Crippen LogP contribution in [0.25, 0.3) is 0 Å². The lowest BCUT2D eigenvalue weighted by atomic mass is 9.77. The first kappa shape index (κ1) is 13.3. The van der Waals surface area contributed by atoms with E-state index in [-0.39, 0.29) is 5.54 Å². The van der Waals surface area contributed by atoms with Gasteiger partial charge in [0.1, 0.15) is 5.82 Å². The highest BCUT2D eigenvalue weighted by molar-refractivity contribution is 5.39. The third-order valence-corrected chi connectivity index (χ3v) is 4.31. The molecule has 3 heteroatoms. The van der Waals surface area contributed by atoms with E-state index in [4.69, 9.17) is 5.73 Å². The second-order valence-electron chi connectivity index (χ2n) is 5.77. The Labute approximate surface area is 110 Å². The summed E-state index contributed by atoms with van der Waals surface area (Å²) >= 11 is 0. The topological polar surface area (TPSA) is 50.9 Å². The van der Waals surface area contributed by atoms with Gasteiger partial charge in [0.05, 0.1) is 0 Å². The van der Waals surface area contributed by atoms with Crippen LogP contribution >= 0.6 is 0 Å². The molecule has 0 amide bonds. The number of nitrogens with zero attached hydrogens (tertiary/aromatic N) is 1. The van der Waals surface area contributed by atoms with Crippen LogP contribution in [0.2, 0.25) is 0 Å². The number of hydrogen-bond donors (Lipinski definition) is 2. The molecule has 0 bridgehead atoms. The molecule has 1 aromatic heterocycles. The zero-order valence-corrected chi connectivity index (χ0v) is 11.6. The summed E-state index contributed by atoms with van der Waals surface area (Å²) in [5.74, 6) is 1.29. The molecule has 0 radical (unpaired) electrons. The monoisotopic (exact) mass is 247 g/mol. The van der Waals surface area contributed by atoms with Crippen molar-refractivity contribution in [2.75, 3.05) is 12.3 Å². The average Bonchev–Trinajstić information content (AvgIpc) is 2.59. The van der Waals surface area contributed by atoms with Gasteiger partial charge < -0.3 is 11.1 Å². The predicted octanol–water partition coefficient (Wildman–Crippen LogP) is 2.76. The van der Waals surface area contributed by atoms with Crippen molar-refractivity contribution in [2.24, 2.45) is 5.92 Å².